The predicted octanol–water partition coefficient (Wildman–Crippen LogP) is 1.87. The van der Waals surface area contributed by atoms with Crippen LogP contribution in [0.25, 0.3) is 0 Å². The lowest BCUT2D eigenvalue weighted by Gasteiger charge is -2.38. The summed E-state index contributed by atoms with van der Waals surface area (Å²) in [4.78, 5) is 24.3. The van der Waals surface area contributed by atoms with E-state index in [0.29, 0.717) is 0 Å². The van der Waals surface area contributed by atoms with Crippen molar-refractivity contribution >= 4 is 11.9 Å². The minimum Gasteiger partial charge on any atom is -0.351 e. The molecule has 1 rings (SSSR count). The quantitative estimate of drug-likeness (QED) is 0.817. The molecule has 0 bridgehead atoms. The number of primary amides is 1. The van der Waals surface area contributed by atoms with Gasteiger partial charge in [0, 0.05) is 31.0 Å². The molecule has 8 heteroatoms. The zero-order valence-electron chi connectivity index (χ0n) is 12.5. The van der Waals surface area contributed by atoms with Gasteiger partial charge in [0.2, 0.25) is 5.91 Å². The number of carbonyl (C=O) groups is 2. The van der Waals surface area contributed by atoms with Crippen LogP contribution in [0, 0.1) is 11.3 Å². The smallest absolute Gasteiger partial charge is 0.351 e. The third-order valence-corrected chi connectivity index (χ3v) is 3.39. The van der Waals surface area contributed by atoms with E-state index in [1.165, 1.54) is 0 Å². The number of nitrogens with one attached hydrogen (secondary N) is 1. The summed E-state index contributed by atoms with van der Waals surface area (Å²) >= 11 is 0. The van der Waals surface area contributed by atoms with E-state index in [2.05, 4.69) is 5.32 Å². The van der Waals surface area contributed by atoms with Crippen molar-refractivity contribution in [3.63, 3.8) is 0 Å². The Kier molecular flexibility index (Phi) is 5.11. The summed E-state index contributed by atoms with van der Waals surface area (Å²) in [6, 6.07) is -1.28. The molecule has 2 atom stereocenters. The molecule has 122 valence electrons. The maximum atomic E-state index is 12.5. The second-order valence-electron chi connectivity index (χ2n) is 6.58. The molecule has 0 aliphatic carbocycles. The summed E-state index contributed by atoms with van der Waals surface area (Å²) in [5.74, 6) is -1.01. The summed E-state index contributed by atoms with van der Waals surface area (Å²) in [7, 11) is 0. The highest BCUT2D eigenvalue weighted by atomic mass is 19.4. The van der Waals surface area contributed by atoms with Gasteiger partial charge in [0.25, 0.3) is 0 Å². The molecule has 1 aliphatic heterocycles. The molecule has 0 radical (unpaired) electrons. The van der Waals surface area contributed by atoms with Gasteiger partial charge in [-0.3, -0.25) is 4.79 Å². The average molecular weight is 309 g/mol. The van der Waals surface area contributed by atoms with Crippen LogP contribution in [-0.2, 0) is 4.79 Å². The Balaban J connectivity index is 2.75. The Morgan fingerprint density at radius 2 is 1.81 bits per heavy atom. The average Bonchev–Trinajstić information content (AvgIpc) is 2.24. The Labute approximate surface area is 122 Å². The van der Waals surface area contributed by atoms with Crippen molar-refractivity contribution in [1.29, 1.82) is 0 Å². The highest BCUT2D eigenvalue weighted by Gasteiger charge is 2.38. The third-order valence-electron chi connectivity index (χ3n) is 3.39. The SMILES string of the molecule is CC(C)(C)C(=O)NC1CC(CC(F)(F)F)CN(C(N)=O)C1. The first-order valence-corrected chi connectivity index (χ1v) is 6.80. The second-order valence-corrected chi connectivity index (χ2v) is 6.58. The molecule has 2 unspecified atom stereocenters. The number of piperidine rings is 1. The first-order valence-electron chi connectivity index (χ1n) is 6.80. The summed E-state index contributed by atoms with van der Waals surface area (Å²) < 4.78 is 37.6. The monoisotopic (exact) mass is 309 g/mol. The van der Waals surface area contributed by atoms with Crippen LogP contribution in [-0.4, -0.2) is 42.1 Å². The van der Waals surface area contributed by atoms with Crippen LogP contribution < -0.4 is 11.1 Å². The molecule has 1 aliphatic rings. The molecule has 5 nitrogen and oxygen atoms in total. The molecule has 3 N–H and O–H groups in total. The largest absolute Gasteiger partial charge is 0.389 e. The highest BCUT2D eigenvalue weighted by molar-refractivity contribution is 5.81. The van der Waals surface area contributed by atoms with Crippen LogP contribution in [0.5, 0.6) is 0 Å². The number of carbonyl (C=O) groups excluding carboxylic acids is 2. The number of halogens is 3. The van der Waals surface area contributed by atoms with Crippen molar-refractivity contribution in [3.05, 3.63) is 0 Å². The molecule has 21 heavy (non-hydrogen) atoms. The van der Waals surface area contributed by atoms with E-state index in [1.807, 2.05) is 0 Å². The standard InChI is InChI=1S/C13H22F3N3O2/c1-12(2,3)10(20)18-9-4-8(5-13(14,15)16)6-19(7-9)11(17)21/h8-9H,4-7H2,1-3H3,(H2,17,21)(H,18,20). The lowest BCUT2D eigenvalue weighted by Crippen LogP contribution is -2.55. The Hall–Kier alpha value is -1.47. The van der Waals surface area contributed by atoms with Gasteiger partial charge < -0.3 is 16.0 Å². The number of hydrogen-bond acceptors (Lipinski definition) is 2. The van der Waals surface area contributed by atoms with Crippen LogP contribution in [0.4, 0.5) is 18.0 Å². The molecule has 1 fully saturated rings. The van der Waals surface area contributed by atoms with Crippen molar-refractivity contribution in [2.24, 2.45) is 17.1 Å². The van der Waals surface area contributed by atoms with E-state index in [9.17, 15) is 22.8 Å². The van der Waals surface area contributed by atoms with Gasteiger partial charge in [-0.25, -0.2) is 4.79 Å². The van der Waals surface area contributed by atoms with Gasteiger partial charge in [0.05, 0.1) is 0 Å². The van der Waals surface area contributed by atoms with E-state index in [1.54, 1.807) is 20.8 Å². The van der Waals surface area contributed by atoms with Gasteiger partial charge in [-0.2, -0.15) is 13.2 Å². The molecule has 1 heterocycles. The molecule has 0 aromatic heterocycles. The predicted molar refractivity (Wildman–Crippen MR) is 71.3 cm³/mol. The topological polar surface area (TPSA) is 75.4 Å². The normalized spacial score (nSPS) is 23.8. The van der Waals surface area contributed by atoms with Gasteiger partial charge in [-0.1, -0.05) is 20.8 Å². The fourth-order valence-electron chi connectivity index (χ4n) is 2.37. The van der Waals surface area contributed by atoms with Crippen LogP contribution in [0.2, 0.25) is 0 Å². The van der Waals surface area contributed by atoms with Gasteiger partial charge in [-0.15, -0.1) is 0 Å². The molecular weight excluding hydrogens is 287 g/mol. The molecule has 1 saturated heterocycles. The minimum absolute atomic E-state index is 0.0310. The number of nitrogens with zero attached hydrogens (tertiary/aromatic N) is 1. The zero-order chi connectivity index (χ0) is 16.4. The fourth-order valence-corrected chi connectivity index (χ4v) is 2.37. The molecule has 0 aromatic carbocycles. The molecular formula is C13H22F3N3O2. The van der Waals surface area contributed by atoms with Crippen molar-refractivity contribution in [2.45, 2.75) is 45.8 Å². The summed E-state index contributed by atoms with van der Waals surface area (Å²) in [5, 5.41) is 2.70. The highest BCUT2D eigenvalue weighted by Crippen LogP contribution is 2.30. The lowest BCUT2D eigenvalue weighted by molar-refractivity contribution is -0.148. The first kappa shape index (κ1) is 17.6. The van der Waals surface area contributed by atoms with Crippen LogP contribution in [0.1, 0.15) is 33.6 Å². The number of hydrogen-bond donors (Lipinski definition) is 2. The maximum Gasteiger partial charge on any atom is 0.389 e. The Morgan fingerprint density at radius 1 is 1.24 bits per heavy atom. The van der Waals surface area contributed by atoms with Gasteiger partial charge in [0.15, 0.2) is 0 Å². The summed E-state index contributed by atoms with van der Waals surface area (Å²) in [6.45, 7) is 5.25. The minimum atomic E-state index is -4.30. The number of rotatable bonds is 2. The van der Waals surface area contributed by atoms with Crippen molar-refractivity contribution in [3.8, 4) is 0 Å². The Bertz CT molecular complexity index is 404. The van der Waals surface area contributed by atoms with E-state index >= 15 is 0 Å². The first-order chi connectivity index (χ1) is 9.38. The van der Waals surface area contributed by atoms with Gasteiger partial charge >= 0.3 is 12.2 Å². The summed E-state index contributed by atoms with van der Waals surface area (Å²) in [5.41, 5.74) is 4.52. The third kappa shape index (κ3) is 5.81. The van der Waals surface area contributed by atoms with E-state index in [0.717, 1.165) is 4.90 Å². The zero-order valence-corrected chi connectivity index (χ0v) is 12.5. The van der Waals surface area contributed by atoms with Crippen LogP contribution in [0.15, 0.2) is 0 Å². The number of alkyl halides is 3. The summed E-state index contributed by atoms with van der Waals surface area (Å²) in [6.07, 6.45) is -5.10. The second kappa shape index (κ2) is 6.11. The van der Waals surface area contributed by atoms with Gasteiger partial charge in [-0.05, 0) is 12.3 Å². The maximum absolute atomic E-state index is 12.5. The van der Waals surface area contributed by atoms with Crippen LogP contribution in [0.3, 0.4) is 0 Å². The number of urea groups is 1. The Morgan fingerprint density at radius 3 is 2.24 bits per heavy atom. The molecule has 0 aromatic rings. The molecule has 0 spiro atoms. The number of amides is 3. The van der Waals surface area contributed by atoms with Crippen molar-refractivity contribution < 1.29 is 22.8 Å². The number of nitrogens with two attached hydrogens (primary N) is 1. The van der Waals surface area contributed by atoms with E-state index in [-0.39, 0.29) is 25.4 Å². The van der Waals surface area contributed by atoms with Gasteiger partial charge in [0.1, 0.15) is 0 Å². The van der Waals surface area contributed by atoms with E-state index < -0.39 is 36.0 Å². The molecule has 3 amide bonds. The fraction of sp³-hybridized carbons (Fsp3) is 0.846. The lowest BCUT2D eigenvalue weighted by atomic mass is 9.89. The van der Waals surface area contributed by atoms with E-state index in [4.69, 9.17) is 5.73 Å². The van der Waals surface area contributed by atoms with Crippen molar-refractivity contribution in [2.75, 3.05) is 13.1 Å². The van der Waals surface area contributed by atoms with Crippen molar-refractivity contribution in [1.82, 2.24) is 10.2 Å². The number of likely N-dealkylation sites (tertiary alicyclic amines) is 1. The van der Waals surface area contributed by atoms with Crippen LogP contribution >= 0.6 is 0 Å². The molecule has 0 saturated carbocycles.